The smallest absolute Gasteiger partial charge is 0.311 e. The zero-order valence-electron chi connectivity index (χ0n) is 18.2. The first-order valence-corrected chi connectivity index (χ1v) is 11.0. The molecule has 0 atom stereocenters. The van der Waals surface area contributed by atoms with E-state index < -0.39 is 0 Å². The third kappa shape index (κ3) is 9.91. The van der Waals surface area contributed by atoms with Crippen molar-refractivity contribution in [1.82, 2.24) is 0 Å². The topological polar surface area (TPSA) is 52.6 Å². The molecule has 158 valence electrons. The van der Waals surface area contributed by atoms with Crippen LogP contribution in [0.2, 0.25) is 0 Å². The van der Waals surface area contributed by atoms with Crippen molar-refractivity contribution in [2.24, 2.45) is 5.92 Å². The summed E-state index contributed by atoms with van der Waals surface area (Å²) < 4.78 is 11.3. The number of rotatable bonds is 14. The Labute approximate surface area is 171 Å². The predicted molar refractivity (Wildman–Crippen MR) is 114 cm³/mol. The van der Waals surface area contributed by atoms with Crippen LogP contribution < -0.4 is 9.47 Å². The van der Waals surface area contributed by atoms with E-state index in [1.54, 1.807) is 6.07 Å². The molecule has 0 fully saturated rings. The lowest BCUT2D eigenvalue weighted by molar-refractivity contribution is -0.137. The largest absolute Gasteiger partial charge is 0.423 e. The van der Waals surface area contributed by atoms with Crippen LogP contribution in [-0.2, 0) is 16.0 Å². The molecule has 0 heterocycles. The van der Waals surface area contributed by atoms with Gasteiger partial charge in [0, 0.05) is 12.8 Å². The number of carbonyl (C=O) groups is 2. The van der Waals surface area contributed by atoms with Crippen molar-refractivity contribution < 1.29 is 19.1 Å². The minimum absolute atomic E-state index is 0.257. The van der Waals surface area contributed by atoms with Crippen molar-refractivity contribution in [2.45, 2.75) is 98.3 Å². The fourth-order valence-electron chi connectivity index (χ4n) is 3.09. The van der Waals surface area contributed by atoms with Crippen LogP contribution in [0.3, 0.4) is 0 Å². The molecule has 0 aliphatic heterocycles. The maximum atomic E-state index is 12.3. The van der Waals surface area contributed by atoms with Crippen LogP contribution >= 0.6 is 0 Å². The second kappa shape index (κ2) is 14.2. The highest BCUT2D eigenvalue weighted by molar-refractivity contribution is 5.76. The van der Waals surface area contributed by atoms with Gasteiger partial charge in [0.15, 0.2) is 11.5 Å². The quantitative estimate of drug-likeness (QED) is 0.203. The Hall–Kier alpha value is -1.84. The Morgan fingerprint density at radius 1 is 0.821 bits per heavy atom. The number of benzene rings is 1. The number of carbonyl (C=O) groups excluding carboxylic acids is 2. The highest BCUT2D eigenvalue weighted by Gasteiger charge is 2.18. The first-order chi connectivity index (χ1) is 13.5. The summed E-state index contributed by atoms with van der Waals surface area (Å²) >= 11 is 0. The van der Waals surface area contributed by atoms with Gasteiger partial charge in [0.1, 0.15) is 0 Å². The standard InChI is InChI=1S/C24H38O4/c1-5-7-9-11-16-22(25)27-21-15-13-14-20(18-19(3)4)24(21)28-23(26)17-12-10-8-6-2/h13-15,19H,5-12,16-18H2,1-4H3. The van der Waals surface area contributed by atoms with Gasteiger partial charge < -0.3 is 9.47 Å². The second-order valence-electron chi connectivity index (χ2n) is 7.91. The van der Waals surface area contributed by atoms with Gasteiger partial charge >= 0.3 is 11.9 Å². The highest BCUT2D eigenvalue weighted by atomic mass is 16.6. The molecular weight excluding hydrogens is 352 g/mol. The van der Waals surface area contributed by atoms with E-state index in [9.17, 15) is 9.59 Å². The van der Waals surface area contributed by atoms with E-state index in [1.165, 1.54) is 0 Å². The Morgan fingerprint density at radius 3 is 1.93 bits per heavy atom. The minimum atomic E-state index is -0.266. The zero-order chi connectivity index (χ0) is 20.8. The van der Waals surface area contributed by atoms with E-state index in [2.05, 4.69) is 27.7 Å². The van der Waals surface area contributed by atoms with Crippen molar-refractivity contribution in [3.63, 3.8) is 0 Å². The van der Waals surface area contributed by atoms with Crippen molar-refractivity contribution in [3.05, 3.63) is 23.8 Å². The maximum Gasteiger partial charge on any atom is 0.311 e. The molecule has 0 aromatic heterocycles. The Morgan fingerprint density at radius 2 is 1.39 bits per heavy atom. The van der Waals surface area contributed by atoms with Crippen molar-refractivity contribution in [1.29, 1.82) is 0 Å². The molecule has 0 bridgehead atoms. The number of hydrogen-bond donors (Lipinski definition) is 0. The van der Waals surface area contributed by atoms with E-state index >= 15 is 0 Å². The van der Waals surface area contributed by atoms with Gasteiger partial charge in [0.2, 0.25) is 0 Å². The molecule has 0 aliphatic rings. The number of unbranched alkanes of at least 4 members (excludes halogenated alkanes) is 6. The summed E-state index contributed by atoms with van der Waals surface area (Å²) in [6.45, 7) is 8.51. The van der Waals surface area contributed by atoms with Crippen molar-refractivity contribution in [3.8, 4) is 11.5 Å². The summed E-state index contributed by atoms with van der Waals surface area (Å²) in [5, 5.41) is 0. The molecule has 0 radical (unpaired) electrons. The van der Waals surface area contributed by atoms with Crippen LogP contribution in [0.15, 0.2) is 18.2 Å². The summed E-state index contributed by atoms with van der Waals surface area (Å²) in [5.74, 6) is 0.659. The fraction of sp³-hybridized carbons (Fsp3) is 0.667. The molecule has 1 aromatic rings. The molecule has 0 aliphatic carbocycles. The van der Waals surface area contributed by atoms with Crippen molar-refractivity contribution in [2.75, 3.05) is 0 Å². The molecule has 0 saturated heterocycles. The number of hydrogen-bond acceptors (Lipinski definition) is 4. The van der Waals surface area contributed by atoms with Gasteiger partial charge in [0.25, 0.3) is 0 Å². The molecule has 4 nitrogen and oxygen atoms in total. The van der Waals surface area contributed by atoms with Gasteiger partial charge in [-0.2, -0.15) is 0 Å². The van der Waals surface area contributed by atoms with E-state index in [0.717, 1.165) is 63.4 Å². The van der Waals surface area contributed by atoms with Gasteiger partial charge in [-0.15, -0.1) is 0 Å². The molecule has 0 saturated carbocycles. The number of esters is 2. The maximum absolute atomic E-state index is 12.3. The molecule has 0 unspecified atom stereocenters. The van der Waals surface area contributed by atoms with Crippen LogP contribution in [-0.4, -0.2) is 11.9 Å². The SMILES string of the molecule is CCCCCCC(=O)Oc1cccc(CC(C)C)c1OC(=O)CCCCCC. The summed E-state index contributed by atoms with van der Waals surface area (Å²) in [6, 6.07) is 5.52. The molecule has 1 rings (SSSR count). The van der Waals surface area contributed by atoms with E-state index in [1.807, 2.05) is 12.1 Å². The van der Waals surface area contributed by atoms with Crippen LogP contribution in [0, 0.1) is 5.92 Å². The van der Waals surface area contributed by atoms with Gasteiger partial charge in [-0.05, 0) is 36.8 Å². The monoisotopic (exact) mass is 390 g/mol. The minimum Gasteiger partial charge on any atom is -0.423 e. The second-order valence-corrected chi connectivity index (χ2v) is 7.91. The highest BCUT2D eigenvalue weighted by Crippen LogP contribution is 2.34. The molecule has 0 spiro atoms. The normalized spacial score (nSPS) is 10.9. The third-order valence-electron chi connectivity index (χ3n) is 4.60. The number of para-hydroxylation sites is 1. The molecule has 0 amide bonds. The molecule has 4 heteroatoms. The lowest BCUT2D eigenvalue weighted by Crippen LogP contribution is -2.14. The third-order valence-corrected chi connectivity index (χ3v) is 4.60. The first kappa shape index (κ1) is 24.2. The van der Waals surface area contributed by atoms with Crippen LogP contribution in [0.1, 0.15) is 97.5 Å². The summed E-state index contributed by atoms with van der Waals surface area (Å²) in [4.78, 5) is 24.6. The molecule has 28 heavy (non-hydrogen) atoms. The summed E-state index contributed by atoms with van der Waals surface area (Å²) in [7, 11) is 0. The Balaban J connectivity index is 2.81. The molecule has 0 N–H and O–H groups in total. The van der Waals surface area contributed by atoms with Crippen LogP contribution in [0.25, 0.3) is 0 Å². The van der Waals surface area contributed by atoms with Gasteiger partial charge in [0.05, 0.1) is 0 Å². The summed E-state index contributed by atoms with van der Waals surface area (Å²) in [6.07, 6.45) is 9.75. The van der Waals surface area contributed by atoms with Crippen LogP contribution in [0.4, 0.5) is 0 Å². The molecular formula is C24H38O4. The van der Waals surface area contributed by atoms with E-state index in [4.69, 9.17) is 9.47 Å². The first-order valence-electron chi connectivity index (χ1n) is 11.0. The Kier molecular flexibility index (Phi) is 12.3. The molecule has 1 aromatic carbocycles. The van der Waals surface area contributed by atoms with Gasteiger partial charge in [-0.1, -0.05) is 78.4 Å². The van der Waals surface area contributed by atoms with Gasteiger partial charge in [-0.25, -0.2) is 0 Å². The fourth-order valence-corrected chi connectivity index (χ4v) is 3.09. The Bertz CT molecular complexity index is 592. The average molecular weight is 391 g/mol. The predicted octanol–water partition coefficient (Wildman–Crippen LogP) is 6.64. The zero-order valence-corrected chi connectivity index (χ0v) is 18.2. The number of ether oxygens (including phenoxy) is 2. The van der Waals surface area contributed by atoms with Gasteiger partial charge in [-0.3, -0.25) is 9.59 Å². The van der Waals surface area contributed by atoms with E-state index in [0.29, 0.717) is 30.3 Å². The lowest BCUT2D eigenvalue weighted by Gasteiger charge is -2.16. The summed E-state index contributed by atoms with van der Waals surface area (Å²) in [5.41, 5.74) is 0.910. The van der Waals surface area contributed by atoms with E-state index in [-0.39, 0.29) is 11.9 Å². The van der Waals surface area contributed by atoms with Crippen LogP contribution in [0.5, 0.6) is 11.5 Å². The average Bonchev–Trinajstić information content (AvgIpc) is 2.64. The lowest BCUT2D eigenvalue weighted by atomic mass is 10.0. The van der Waals surface area contributed by atoms with Crippen molar-refractivity contribution >= 4 is 11.9 Å².